The molecule has 1 aromatic carbocycles. The van der Waals surface area contributed by atoms with Gasteiger partial charge in [0.2, 0.25) is 5.91 Å². The summed E-state index contributed by atoms with van der Waals surface area (Å²) in [5.74, 6) is -3.58. The number of fused-ring (bicyclic) bond motifs is 1. The van der Waals surface area contributed by atoms with E-state index in [9.17, 15) is 18.4 Å². The van der Waals surface area contributed by atoms with Gasteiger partial charge in [-0.3, -0.25) is 23.3 Å². The van der Waals surface area contributed by atoms with Gasteiger partial charge in [-0.2, -0.15) is 5.10 Å². The number of nitrogens with one attached hydrogen (secondary N) is 2. The molecule has 10 heteroatoms. The maximum atomic E-state index is 14.7. The Balaban J connectivity index is 1.69. The summed E-state index contributed by atoms with van der Waals surface area (Å²) < 4.78 is 38.3. The number of hydrogen-bond acceptors (Lipinski definition) is 4. The van der Waals surface area contributed by atoms with Crippen molar-refractivity contribution in [2.45, 2.75) is 41.4 Å². The molecule has 2 aliphatic rings. The number of benzene rings is 1. The van der Waals surface area contributed by atoms with Crippen molar-refractivity contribution < 1.29 is 18.4 Å². The molecule has 2 fully saturated rings. The number of alkyl halides is 3. The summed E-state index contributed by atoms with van der Waals surface area (Å²) in [5.41, 5.74) is 1.23. The zero-order valence-corrected chi connectivity index (χ0v) is 17.4. The van der Waals surface area contributed by atoms with Gasteiger partial charge in [-0.25, -0.2) is 13.6 Å². The van der Waals surface area contributed by atoms with Gasteiger partial charge in [-0.1, -0.05) is 6.07 Å². The number of rotatable bonds is 3. The summed E-state index contributed by atoms with van der Waals surface area (Å²) in [6.45, 7) is 0.233. The van der Waals surface area contributed by atoms with Gasteiger partial charge >= 0.3 is 6.03 Å². The maximum absolute atomic E-state index is 14.7. The Bertz CT molecular complexity index is 976. The number of aryl methyl sites for hydroxylation is 1. The maximum Gasteiger partial charge on any atom is 0.329 e. The first-order valence-electron chi connectivity index (χ1n) is 9.05. The highest BCUT2D eigenvalue weighted by Crippen LogP contribution is 2.48. The highest BCUT2D eigenvalue weighted by molar-refractivity contribution is 14.1. The number of nitrogens with zero attached hydrogens (tertiary/aromatic N) is 3. The molecule has 2 heterocycles. The molecule has 1 aliphatic carbocycles. The highest BCUT2D eigenvalue weighted by atomic mass is 127. The molecule has 0 bridgehead atoms. The van der Waals surface area contributed by atoms with Gasteiger partial charge in [-0.15, -0.1) is 0 Å². The molecule has 2 aromatic rings. The number of hydrogen-bond donors (Lipinski definition) is 2. The lowest BCUT2D eigenvalue weighted by molar-refractivity contribution is -0.120. The van der Waals surface area contributed by atoms with Crippen molar-refractivity contribution >= 4 is 49.7 Å². The summed E-state index contributed by atoms with van der Waals surface area (Å²) in [6, 6.07) is 4.63. The van der Waals surface area contributed by atoms with Crippen molar-refractivity contribution in [2.24, 2.45) is 7.05 Å². The van der Waals surface area contributed by atoms with Gasteiger partial charge in [-0.05, 0) is 51.6 Å². The lowest BCUT2D eigenvalue weighted by Gasteiger charge is -2.34. The zero-order chi connectivity index (χ0) is 20.1. The summed E-state index contributed by atoms with van der Waals surface area (Å²) in [7, 11) is 1.71. The first-order valence-corrected chi connectivity index (χ1v) is 11.4. The summed E-state index contributed by atoms with van der Waals surface area (Å²) >= 11 is -0.921. The van der Waals surface area contributed by atoms with Crippen LogP contribution in [0.5, 0.6) is 0 Å². The molecule has 2 atom stereocenters. The number of halogens is 3. The van der Waals surface area contributed by atoms with Gasteiger partial charge in [0.05, 0.1) is 5.52 Å². The van der Waals surface area contributed by atoms with Crippen molar-refractivity contribution in [3.05, 3.63) is 23.8 Å². The summed E-state index contributed by atoms with van der Waals surface area (Å²) in [5, 5.41) is 7.36. The Hall–Kier alpha value is -1.98. The Morgan fingerprint density at radius 2 is 2.11 bits per heavy atom. The third-order valence-corrected chi connectivity index (χ3v) is 7.44. The Kier molecular flexibility index (Phi) is 4.92. The number of carbonyl (C=O) groups excluding carboxylic acids is 2. The largest absolute Gasteiger partial charge is 0.329 e. The quantitative estimate of drug-likeness (QED) is 0.490. The normalized spacial score (nSPS) is 25.2. The molecule has 7 nitrogen and oxygen atoms in total. The van der Waals surface area contributed by atoms with E-state index in [2.05, 4.69) is 10.4 Å². The van der Waals surface area contributed by atoms with Crippen molar-refractivity contribution in [3.63, 3.8) is 0 Å². The molecule has 0 spiro atoms. The molecular formula is C18H20F2IN5O2. The number of aromatic nitrogens is 2. The third-order valence-electron chi connectivity index (χ3n) is 5.49. The fourth-order valence-corrected chi connectivity index (χ4v) is 5.52. The molecule has 4 rings (SSSR count). The molecule has 2 unspecified atom stereocenters. The van der Waals surface area contributed by atoms with Crippen molar-refractivity contribution in [2.75, 3.05) is 11.4 Å². The van der Waals surface area contributed by atoms with Crippen LogP contribution in [-0.2, 0) is 11.8 Å². The van der Waals surface area contributed by atoms with Crippen LogP contribution in [0.15, 0.2) is 18.2 Å². The van der Waals surface area contributed by atoms with E-state index in [0.717, 1.165) is 0 Å². The molecule has 1 saturated heterocycles. The minimum absolute atomic E-state index is 0.141. The minimum Gasteiger partial charge on any atom is -0.278 e. The monoisotopic (exact) mass is 503 g/mol. The SMILES string of the molecule is Cn1nc(N2CCC(=O)NC2=O)c2ccc(C3CCC(I=N)CC3(F)F)cc21. The summed E-state index contributed by atoms with van der Waals surface area (Å²) in [6.07, 6.45) is 1.04. The fourth-order valence-electron chi connectivity index (χ4n) is 4.04. The van der Waals surface area contributed by atoms with Crippen LogP contribution < -0.4 is 10.2 Å². The Labute approximate surface area is 170 Å². The number of carbonyl (C=O) groups is 2. The number of amides is 3. The van der Waals surface area contributed by atoms with Crippen molar-refractivity contribution in [1.82, 2.24) is 15.1 Å². The Morgan fingerprint density at radius 1 is 1.32 bits per heavy atom. The van der Waals surface area contributed by atoms with E-state index in [0.29, 0.717) is 35.1 Å². The van der Waals surface area contributed by atoms with Crippen LogP contribution in [-0.4, -0.2) is 38.1 Å². The van der Waals surface area contributed by atoms with Crippen LogP contribution in [0.2, 0.25) is 0 Å². The lowest BCUT2D eigenvalue weighted by atomic mass is 9.80. The molecule has 3 amide bonds. The standard InChI is InChI=1S/C18H20F2IN5O2/c1-25-14-8-10(13-5-3-11(21-22)9-18(13,19)20)2-4-12(14)16(24-25)26-7-6-15(27)23-17(26)28/h2,4,8,11,13,22H,3,5-7,9H2,1H3,(H,23,27,28). The van der Waals surface area contributed by atoms with Gasteiger partial charge < -0.3 is 0 Å². The van der Waals surface area contributed by atoms with E-state index in [1.165, 1.54) is 4.90 Å². The highest BCUT2D eigenvalue weighted by Gasteiger charge is 2.45. The fraction of sp³-hybridized carbons (Fsp3) is 0.500. The van der Waals surface area contributed by atoms with Crippen LogP contribution in [0.3, 0.4) is 0 Å². The molecule has 28 heavy (non-hydrogen) atoms. The first kappa shape index (κ1) is 19.3. The topological polar surface area (TPSA) is 91.1 Å². The molecule has 2 N–H and O–H groups in total. The van der Waals surface area contributed by atoms with E-state index in [1.54, 1.807) is 29.9 Å². The number of imide groups is 1. The predicted octanol–water partition coefficient (Wildman–Crippen LogP) is 4.02. The van der Waals surface area contributed by atoms with Crippen LogP contribution in [0.1, 0.15) is 37.2 Å². The molecule has 1 aromatic heterocycles. The van der Waals surface area contributed by atoms with E-state index in [4.69, 9.17) is 3.56 Å². The van der Waals surface area contributed by atoms with Crippen LogP contribution in [0.4, 0.5) is 19.4 Å². The Morgan fingerprint density at radius 3 is 2.79 bits per heavy atom. The zero-order valence-electron chi connectivity index (χ0n) is 15.2. The van der Waals surface area contributed by atoms with E-state index < -0.39 is 38.9 Å². The first-order chi connectivity index (χ1) is 13.3. The van der Waals surface area contributed by atoms with E-state index in [1.807, 2.05) is 0 Å². The average molecular weight is 503 g/mol. The van der Waals surface area contributed by atoms with Crippen LogP contribution in [0.25, 0.3) is 10.9 Å². The number of urea groups is 1. The molecule has 1 aliphatic heterocycles. The van der Waals surface area contributed by atoms with Gasteiger partial charge in [0, 0.05) is 41.7 Å². The second-order valence-corrected chi connectivity index (χ2v) is 9.66. The van der Waals surface area contributed by atoms with Crippen molar-refractivity contribution in [3.8, 4) is 0 Å². The average Bonchev–Trinajstić information content (AvgIpc) is 2.97. The van der Waals surface area contributed by atoms with Gasteiger partial charge in [0.15, 0.2) is 5.82 Å². The molecule has 1 saturated carbocycles. The van der Waals surface area contributed by atoms with Crippen LogP contribution in [0, 0.1) is 3.56 Å². The van der Waals surface area contributed by atoms with Gasteiger partial charge in [0.1, 0.15) is 0 Å². The van der Waals surface area contributed by atoms with E-state index in [-0.39, 0.29) is 29.2 Å². The molecule has 0 radical (unpaired) electrons. The minimum atomic E-state index is -2.81. The molecule has 150 valence electrons. The van der Waals surface area contributed by atoms with Gasteiger partial charge in [0.25, 0.3) is 5.92 Å². The van der Waals surface area contributed by atoms with Crippen LogP contribution >= 0.6 is 21.0 Å². The smallest absolute Gasteiger partial charge is 0.278 e. The predicted molar refractivity (Wildman–Crippen MR) is 108 cm³/mol. The van der Waals surface area contributed by atoms with E-state index >= 15 is 0 Å². The second kappa shape index (κ2) is 7.12. The number of anilines is 1. The second-order valence-electron chi connectivity index (χ2n) is 7.28. The molecular weight excluding hydrogens is 483 g/mol. The van der Waals surface area contributed by atoms with Crippen molar-refractivity contribution in [1.29, 1.82) is 3.56 Å². The third kappa shape index (κ3) is 3.31. The lowest BCUT2D eigenvalue weighted by Crippen LogP contribution is -2.49. The summed E-state index contributed by atoms with van der Waals surface area (Å²) in [4.78, 5) is 24.9.